The summed E-state index contributed by atoms with van der Waals surface area (Å²) in [5.74, 6) is 0.465. The smallest absolute Gasteiger partial charge is 0.234 e. The van der Waals surface area contributed by atoms with E-state index >= 15 is 0 Å². The number of allylic oxidation sites excluding steroid dienone is 2. The topological polar surface area (TPSA) is 37.4 Å². The lowest BCUT2D eigenvalue weighted by molar-refractivity contribution is -0.140. The molecular weight excluding hydrogens is 262 g/mol. The number of carbonyl (C=O) groups is 2. The molecule has 2 amide bonds. The highest BCUT2D eigenvalue weighted by molar-refractivity contribution is 6.06. The van der Waals surface area contributed by atoms with Crippen LogP contribution in [-0.2, 0) is 16.1 Å². The van der Waals surface area contributed by atoms with Crippen LogP contribution in [0.4, 0.5) is 0 Å². The number of rotatable bonds is 2. The maximum absolute atomic E-state index is 12.7. The summed E-state index contributed by atoms with van der Waals surface area (Å²) in [5.41, 5.74) is 2.20. The third-order valence-corrected chi connectivity index (χ3v) is 5.44. The van der Waals surface area contributed by atoms with Crippen LogP contribution in [-0.4, -0.2) is 16.7 Å². The van der Waals surface area contributed by atoms with E-state index in [-0.39, 0.29) is 35.5 Å². The van der Waals surface area contributed by atoms with Crippen LogP contribution in [0.3, 0.4) is 0 Å². The number of hydrogen-bond acceptors (Lipinski definition) is 2. The van der Waals surface area contributed by atoms with Gasteiger partial charge in [-0.1, -0.05) is 36.4 Å². The fraction of sp³-hybridized carbons (Fsp3) is 0.444. The first-order valence-corrected chi connectivity index (χ1v) is 7.75. The Labute approximate surface area is 124 Å². The van der Waals surface area contributed by atoms with Gasteiger partial charge in [-0.05, 0) is 42.7 Å². The van der Waals surface area contributed by atoms with Crippen LogP contribution in [0.25, 0.3) is 0 Å². The minimum absolute atomic E-state index is 0.0484. The second-order valence-corrected chi connectivity index (χ2v) is 6.53. The summed E-state index contributed by atoms with van der Waals surface area (Å²) in [6.45, 7) is 2.45. The lowest BCUT2D eigenvalue weighted by Gasteiger charge is -2.38. The molecule has 2 fully saturated rings. The molecule has 3 heteroatoms. The van der Waals surface area contributed by atoms with Crippen molar-refractivity contribution in [2.75, 3.05) is 0 Å². The highest BCUT2D eigenvalue weighted by Crippen LogP contribution is 2.49. The van der Waals surface area contributed by atoms with Gasteiger partial charge in [0.15, 0.2) is 0 Å². The predicted octanol–water partition coefficient (Wildman–Crippen LogP) is 2.69. The van der Waals surface area contributed by atoms with Crippen molar-refractivity contribution in [1.29, 1.82) is 0 Å². The Bertz CT molecular complexity index is 616. The van der Waals surface area contributed by atoms with Gasteiger partial charge in [0.2, 0.25) is 11.8 Å². The number of carbonyl (C=O) groups excluding carboxylic acids is 2. The molecule has 3 aliphatic carbocycles. The molecule has 0 aromatic heterocycles. The number of aryl methyl sites for hydroxylation is 1. The Morgan fingerprint density at radius 3 is 2.10 bits per heavy atom. The average Bonchev–Trinajstić information content (AvgIpc) is 2.78. The Hall–Kier alpha value is -1.90. The zero-order valence-electron chi connectivity index (χ0n) is 12.2. The van der Waals surface area contributed by atoms with Gasteiger partial charge in [0.25, 0.3) is 0 Å². The molecule has 21 heavy (non-hydrogen) atoms. The van der Waals surface area contributed by atoms with E-state index in [9.17, 15) is 9.59 Å². The standard InChI is InChI=1S/C18H19NO2/c1-11-4-2-3-5-14(11)10-19-17(20)15-12-6-7-13(9-8-12)16(15)18(19)21/h2-7,12-13,15-16H,8-10H2,1H3/t12-,13-,15-,16-/m0/s1. The number of benzene rings is 1. The van der Waals surface area contributed by atoms with E-state index in [1.165, 1.54) is 4.90 Å². The highest BCUT2D eigenvalue weighted by Gasteiger charge is 2.56. The van der Waals surface area contributed by atoms with E-state index in [0.717, 1.165) is 24.0 Å². The summed E-state index contributed by atoms with van der Waals surface area (Å²) in [6, 6.07) is 7.98. The molecule has 4 aliphatic rings. The summed E-state index contributed by atoms with van der Waals surface area (Å²) in [7, 11) is 0. The summed E-state index contributed by atoms with van der Waals surface area (Å²) in [5, 5.41) is 0. The van der Waals surface area contributed by atoms with Gasteiger partial charge in [-0.3, -0.25) is 14.5 Å². The van der Waals surface area contributed by atoms with Gasteiger partial charge in [0.05, 0.1) is 18.4 Å². The van der Waals surface area contributed by atoms with Crippen molar-refractivity contribution in [2.45, 2.75) is 26.3 Å². The number of likely N-dealkylation sites (tertiary alicyclic amines) is 1. The molecule has 0 radical (unpaired) electrons. The zero-order chi connectivity index (χ0) is 14.6. The van der Waals surface area contributed by atoms with Crippen LogP contribution >= 0.6 is 0 Å². The first-order valence-electron chi connectivity index (χ1n) is 7.75. The first kappa shape index (κ1) is 12.8. The molecule has 2 bridgehead atoms. The monoisotopic (exact) mass is 281 g/mol. The molecule has 1 aromatic carbocycles. The van der Waals surface area contributed by atoms with E-state index in [2.05, 4.69) is 12.2 Å². The zero-order valence-corrected chi connectivity index (χ0v) is 12.2. The van der Waals surface area contributed by atoms with E-state index in [0.29, 0.717) is 6.54 Å². The maximum Gasteiger partial charge on any atom is 0.234 e. The van der Waals surface area contributed by atoms with Gasteiger partial charge in [0.1, 0.15) is 0 Å². The minimum Gasteiger partial charge on any atom is -0.278 e. The molecule has 3 nitrogen and oxygen atoms in total. The first-order chi connectivity index (χ1) is 10.2. The van der Waals surface area contributed by atoms with Crippen molar-refractivity contribution in [3.8, 4) is 0 Å². The van der Waals surface area contributed by atoms with Gasteiger partial charge >= 0.3 is 0 Å². The van der Waals surface area contributed by atoms with Crippen LogP contribution in [0.1, 0.15) is 24.0 Å². The third kappa shape index (κ3) is 1.80. The normalized spacial score (nSPS) is 33.7. The molecule has 4 atom stereocenters. The number of amides is 2. The lowest BCUT2D eigenvalue weighted by atomic mass is 9.63. The summed E-state index contributed by atoms with van der Waals surface area (Å²) in [6.07, 6.45) is 6.44. The van der Waals surface area contributed by atoms with Crippen LogP contribution < -0.4 is 0 Å². The Kier molecular flexibility index (Phi) is 2.78. The van der Waals surface area contributed by atoms with Gasteiger partial charge in [-0.25, -0.2) is 0 Å². The van der Waals surface area contributed by atoms with E-state index in [1.807, 2.05) is 31.2 Å². The summed E-state index contributed by atoms with van der Waals surface area (Å²) >= 11 is 0. The summed E-state index contributed by atoms with van der Waals surface area (Å²) in [4.78, 5) is 27.0. The number of hydrogen-bond donors (Lipinski definition) is 0. The molecular formula is C18H19NO2. The second kappa shape index (κ2) is 4.55. The van der Waals surface area contributed by atoms with E-state index in [1.54, 1.807) is 0 Å². The Balaban J connectivity index is 1.65. The van der Waals surface area contributed by atoms with Crippen molar-refractivity contribution in [1.82, 2.24) is 4.90 Å². The highest BCUT2D eigenvalue weighted by atomic mass is 16.2. The van der Waals surface area contributed by atoms with Gasteiger partial charge in [-0.15, -0.1) is 0 Å². The molecule has 1 saturated heterocycles. The molecule has 5 rings (SSSR count). The fourth-order valence-electron chi connectivity index (χ4n) is 4.25. The van der Waals surface area contributed by atoms with Crippen molar-refractivity contribution in [2.24, 2.45) is 23.7 Å². The van der Waals surface area contributed by atoms with Crippen molar-refractivity contribution < 1.29 is 9.59 Å². The third-order valence-electron chi connectivity index (χ3n) is 5.44. The van der Waals surface area contributed by atoms with Crippen LogP contribution in [0, 0.1) is 30.6 Å². The van der Waals surface area contributed by atoms with Crippen LogP contribution in [0.5, 0.6) is 0 Å². The van der Waals surface area contributed by atoms with E-state index < -0.39 is 0 Å². The molecule has 1 aliphatic heterocycles. The van der Waals surface area contributed by atoms with Gasteiger partial charge < -0.3 is 0 Å². The minimum atomic E-state index is -0.0923. The predicted molar refractivity (Wildman–Crippen MR) is 79.1 cm³/mol. The SMILES string of the molecule is Cc1ccccc1CN1C(=O)[C@@H]2[C@@H](C1=O)[C@H]1C=C[C@H]2CC1. The quantitative estimate of drug-likeness (QED) is 0.617. The molecule has 0 spiro atoms. The van der Waals surface area contributed by atoms with Gasteiger partial charge in [-0.2, -0.15) is 0 Å². The van der Waals surface area contributed by atoms with Crippen molar-refractivity contribution in [3.63, 3.8) is 0 Å². The number of imide groups is 1. The molecule has 1 heterocycles. The van der Waals surface area contributed by atoms with E-state index in [4.69, 9.17) is 0 Å². The maximum atomic E-state index is 12.7. The van der Waals surface area contributed by atoms with Crippen molar-refractivity contribution >= 4 is 11.8 Å². The number of nitrogens with zero attached hydrogens (tertiary/aromatic N) is 1. The largest absolute Gasteiger partial charge is 0.278 e. The molecule has 0 N–H and O–H groups in total. The Morgan fingerprint density at radius 1 is 1.00 bits per heavy atom. The molecule has 1 saturated carbocycles. The number of fused-ring (bicyclic) bond motifs is 1. The van der Waals surface area contributed by atoms with Crippen LogP contribution in [0.2, 0.25) is 0 Å². The molecule has 0 unspecified atom stereocenters. The molecule has 108 valence electrons. The van der Waals surface area contributed by atoms with Crippen molar-refractivity contribution in [3.05, 3.63) is 47.5 Å². The van der Waals surface area contributed by atoms with Gasteiger partial charge in [0, 0.05) is 0 Å². The Morgan fingerprint density at radius 2 is 1.57 bits per heavy atom. The summed E-state index contributed by atoms with van der Waals surface area (Å²) < 4.78 is 0. The average molecular weight is 281 g/mol. The molecule has 1 aromatic rings. The fourth-order valence-corrected chi connectivity index (χ4v) is 4.25. The lowest BCUT2D eigenvalue weighted by Crippen LogP contribution is -2.38. The van der Waals surface area contributed by atoms with Crippen LogP contribution in [0.15, 0.2) is 36.4 Å². The second-order valence-electron chi connectivity index (χ2n) is 6.53.